The molecule has 0 amide bonds. The number of carbonyl (C=O) groups is 1. The number of ketones is 1. The Morgan fingerprint density at radius 2 is 1.85 bits per heavy atom. The third kappa shape index (κ3) is 3.58. The van der Waals surface area contributed by atoms with E-state index in [4.69, 9.17) is 27.9 Å². The van der Waals surface area contributed by atoms with Crippen molar-refractivity contribution < 1.29 is 19.5 Å². The summed E-state index contributed by atoms with van der Waals surface area (Å²) in [5.41, 5.74) is 1.68. The van der Waals surface area contributed by atoms with Gasteiger partial charge >= 0.3 is 0 Å². The molecule has 0 aromatic heterocycles. The average molecular weight is 392 g/mol. The molecule has 0 atom stereocenters. The molecule has 0 unspecified atom stereocenters. The fourth-order valence-corrected chi connectivity index (χ4v) is 3.27. The minimum atomic E-state index is -0.234. The third-order valence-electron chi connectivity index (χ3n) is 4.57. The molecule has 6 heteroatoms. The summed E-state index contributed by atoms with van der Waals surface area (Å²) in [6.07, 6.45) is 1.61. The Kier molecular flexibility index (Phi) is 5.56. The van der Waals surface area contributed by atoms with Crippen molar-refractivity contribution in [1.82, 2.24) is 0 Å². The van der Waals surface area contributed by atoms with Crippen LogP contribution in [0.5, 0.6) is 11.5 Å². The van der Waals surface area contributed by atoms with Crippen LogP contribution < -0.4 is 14.7 Å². The summed E-state index contributed by atoms with van der Waals surface area (Å²) >= 11 is 12.0. The standard InChI is InChI=1S/C20H19Cl2NO3/c1-3-23(4-2)11-14-17(24)8-6-13-19(25)18(26-20(13)14)10-12-5-7-15(21)16(22)9-12/h5-10,24H,3-4,11H2,1-2H3/b18-10-. The summed E-state index contributed by atoms with van der Waals surface area (Å²) in [5, 5.41) is 13.2. The first-order valence-electron chi connectivity index (χ1n) is 8.50. The second-order valence-electron chi connectivity index (χ2n) is 6.17. The van der Waals surface area contributed by atoms with Crippen molar-refractivity contribution in [2.45, 2.75) is 20.4 Å². The lowest BCUT2D eigenvalue weighted by Crippen LogP contribution is -3.10. The molecule has 0 aliphatic carbocycles. The molecule has 1 aliphatic rings. The van der Waals surface area contributed by atoms with Crippen LogP contribution >= 0.6 is 23.2 Å². The lowest BCUT2D eigenvalue weighted by atomic mass is 10.0. The minimum absolute atomic E-state index is 0.105. The van der Waals surface area contributed by atoms with E-state index in [1.807, 2.05) is 0 Å². The van der Waals surface area contributed by atoms with Gasteiger partial charge in [-0.15, -0.1) is 0 Å². The molecule has 0 saturated carbocycles. The monoisotopic (exact) mass is 391 g/mol. The smallest absolute Gasteiger partial charge is 0.231 e. The molecule has 0 radical (unpaired) electrons. The van der Waals surface area contributed by atoms with E-state index in [0.29, 0.717) is 39.0 Å². The zero-order chi connectivity index (χ0) is 18.8. The second kappa shape index (κ2) is 7.70. The molecule has 0 saturated heterocycles. The molecular weight excluding hydrogens is 373 g/mol. The maximum absolute atomic E-state index is 12.7. The van der Waals surface area contributed by atoms with Gasteiger partial charge in [-0.2, -0.15) is 0 Å². The lowest BCUT2D eigenvalue weighted by Gasteiger charge is -2.21. The van der Waals surface area contributed by atoms with Gasteiger partial charge in [0.1, 0.15) is 12.3 Å². The SMILES string of the molecule is CC[NH+](CC)Cc1c([O-])ccc2c1O/C(=C\c1ccc(Cl)c(Cl)c1)C2=O. The van der Waals surface area contributed by atoms with Crippen LogP contribution in [0.3, 0.4) is 0 Å². The number of Topliss-reactive ketones (excluding diaryl/α,β-unsaturated/α-hetero) is 1. The van der Waals surface area contributed by atoms with Crippen molar-refractivity contribution in [3.8, 4) is 11.5 Å². The molecule has 2 aromatic rings. The molecule has 2 aromatic carbocycles. The van der Waals surface area contributed by atoms with E-state index >= 15 is 0 Å². The summed E-state index contributed by atoms with van der Waals surface area (Å²) in [5.74, 6) is 0.224. The first kappa shape index (κ1) is 18.8. The summed E-state index contributed by atoms with van der Waals surface area (Å²) in [6, 6.07) is 8.06. The number of halogens is 2. The number of quaternary nitrogens is 1. The Balaban J connectivity index is 1.98. The quantitative estimate of drug-likeness (QED) is 0.796. The highest BCUT2D eigenvalue weighted by Crippen LogP contribution is 2.38. The van der Waals surface area contributed by atoms with Crippen LogP contribution in [0.4, 0.5) is 0 Å². The number of ether oxygens (including phenoxy) is 1. The van der Waals surface area contributed by atoms with Gasteiger partial charge in [0.2, 0.25) is 5.78 Å². The third-order valence-corrected chi connectivity index (χ3v) is 5.31. The molecule has 1 aliphatic heterocycles. The normalized spacial score (nSPS) is 14.8. The number of hydrogen-bond acceptors (Lipinski definition) is 3. The van der Waals surface area contributed by atoms with Gasteiger partial charge in [0.05, 0.1) is 28.7 Å². The maximum atomic E-state index is 12.7. The van der Waals surface area contributed by atoms with E-state index in [2.05, 4.69) is 13.8 Å². The highest BCUT2D eigenvalue weighted by molar-refractivity contribution is 6.42. The van der Waals surface area contributed by atoms with Crippen LogP contribution in [0, 0.1) is 0 Å². The van der Waals surface area contributed by atoms with Crippen LogP contribution in [-0.4, -0.2) is 18.9 Å². The molecule has 0 fully saturated rings. The van der Waals surface area contributed by atoms with Crippen LogP contribution in [-0.2, 0) is 6.54 Å². The molecule has 0 spiro atoms. The Bertz CT molecular complexity index is 889. The predicted molar refractivity (Wildman–Crippen MR) is 101 cm³/mol. The molecule has 1 N–H and O–H groups in total. The van der Waals surface area contributed by atoms with Gasteiger partial charge < -0.3 is 14.7 Å². The molecule has 3 rings (SSSR count). The highest BCUT2D eigenvalue weighted by atomic mass is 35.5. The molecular formula is C20H19Cl2NO3. The van der Waals surface area contributed by atoms with E-state index in [-0.39, 0.29) is 17.3 Å². The van der Waals surface area contributed by atoms with Crippen molar-refractivity contribution >= 4 is 35.1 Å². The van der Waals surface area contributed by atoms with Gasteiger partial charge in [-0.1, -0.05) is 41.1 Å². The van der Waals surface area contributed by atoms with Gasteiger partial charge in [-0.25, -0.2) is 0 Å². The average Bonchev–Trinajstić information content (AvgIpc) is 2.93. The first-order valence-corrected chi connectivity index (χ1v) is 9.25. The van der Waals surface area contributed by atoms with Crippen molar-refractivity contribution in [1.29, 1.82) is 0 Å². The Hall–Kier alpha value is -2.01. The van der Waals surface area contributed by atoms with Gasteiger partial charge in [0.25, 0.3) is 0 Å². The highest BCUT2D eigenvalue weighted by Gasteiger charge is 2.30. The van der Waals surface area contributed by atoms with Gasteiger partial charge in [0, 0.05) is 5.56 Å². The van der Waals surface area contributed by atoms with E-state index < -0.39 is 0 Å². The van der Waals surface area contributed by atoms with E-state index in [1.54, 1.807) is 24.3 Å². The lowest BCUT2D eigenvalue weighted by molar-refractivity contribution is -0.910. The number of carbonyl (C=O) groups excluding carboxylic acids is 1. The van der Waals surface area contributed by atoms with Crippen LogP contribution in [0.2, 0.25) is 10.0 Å². The topological polar surface area (TPSA) is 53.8 Å². The molecule has 0 bridgehead atoms. The Morgan fingerprint density at radius 1 is 1.12 bits per heavy atom. The van der Waals surface area contributed by atoms with E-state index in [0.717, 1.165) is 13.1 Å². The van der Waals surface area contributed by atoms with Gasteiger partial charge in [-0.3, -0.25) is 4.79 Å². The molecule has 26 heavy (non-hydrogen) atoms. The molecule has 4 nitrogen and oxygen atoms in total. The van der Waals surface area contributed by atoms with Crippen LogP contribution in [0.25, 0.3) is 6.08 Å². The van der Waals surface area contributed by atoms with Crippen molar-refractivity contribution in [3.63, 3.8) is 0 Å². The van der Waals surface area contributed by atoms with Crippen molar-refractivity contribution in [2.75, 3.05) is 13.1 Å². The fraction of sp³-hybridized carbons (Fsp3) is 0.250. The second-order valence-corrected chi connectivity index (χ2v) is 6.98. The summed E-state index contributed by atoms with van der Waals surface area (Å²) in [6.45, 7) is 6.43. The fourth-order valence-electron chi connectivity index (χ4n) is 2.96. The maximum Gasteiger partial charge on any atom is 0.231 e. The number of allylic oxidation sites excluding steroid dienone is 1. The van der Waals surface area contributed by atoms with Crippen LogP contribution in [0.1, 0.15) is 35.3 Å². The van der Waals surface area contributed by atoms with Crippen molar-refractivity contribution in [2.24, 2.45) is 0 Å². The molecule has 136 valence electrons. The van der Waals surface area contributed by atoms with Gasteiger partial charge in [0.15, 0.2) is 5.76 Å². The number of nitrogens with one attached hydrogen (secondary N) is 1. The van der Waals surface area contributed by atoms with Gasteiger partial charge in [-0.05, 0) is 43.7 Å². The number of benzene rings is 2. The summed E-state index contributed by atoms with van der Waals surface area (Å²) < 4.78 is 5.82. The minimum Gasteiger partial charge on any atom is -0.872 e. The van der Waals surface area contributed by atoms with Crippen LogP contribution in [0.15, 0.2) is 36.1 Å². The van der Waals surface area contributed by atoms with E-state index in [1.165, 1.54) is 17.0 Å². The predicted octanol–water partition coefficient (Wildman–Crippen LogP) is 3.11. The summed E-state index contributed by atoms with van der Waals surface area (Å²) in [4.78, 5) is 13.9. The Morgan fingerprint density at radius 3 is 2.50 bits per heavy atom. The number of fused-ring (bicyclic) bond motifs is 1. The zero-order valence-corrected chi connectivity index (χ0v) is 16.1. The summed E-state index contributed by atoms with van der Waals surface area (Å²) in [7, 11) is 0. The number of hydrogen-bond donors (Lipinski definition) is 1. The largest absolute Gasteiger partial charge is 0.872 e. The number of rotatable bonds is 5. The first-order chi connectivity index (χ1) is 12.4. The molecule has 1 heterocycles. The Labute approximate surface area is 162 Å². The zero-order valence-electron chi connectivity index (χ0n) is 14.6. The van der Waals surface area contributed by atoms with E-state index in [9.17, 15) is 9.90 Å². The van der Waals surface area contributed by atoms with Crippen molar-refractivity contribution in [3.05, 3.63) is 62.8 Å².